The number of methoxy groups -OCH3 is 1. The molecule has 0 amide bonds. The maximum atomic E-state index is 12.6. The minimum atomic E-state index is -0.756. The number of hydrogen-bond acceptors (Lipinski definition) is 4. The van der Waals surface area contributed by atoms with Gasteiger partial charge in [-0.3, -0.25) is 0 Å². The van der Waals surface area contributed by atoms with Gasteiger partial charge in [0, 0.05) is 0 Å². The molecule has 0 atom stereocenters. The van der Waals surface area contributed by atoms with Crippen LogP contribution in [0, 0.1) is 0 Å². The van der Waals surface area contributed by atoms with Crippen LogP contribution in [0.4, 0.5) is 10.3 Å². The standard InChI is InChI=1S/C8H9BrFN3O/c1-14-7-6(9)2-11-8(12-7)13-3-5(10)4-13/h2,5H,3-4H2,1H3. The molecule has 0 bridgehead atoms. The summed E-state index contributed by atoms with van der Waals surface area (Å²) in [6.07, 6.45) is 0.848. The Morgan fingerprint density at radius 1 is 1.64 bits per heavy atom. The van der Waals surface area contributed by atoms with Gasteiger partial charge in [0.05, 0.1) is 30.9 Å². The molecule has 0 N–H and O–H groups in total. The van der Waals surface area contributed by atoms with Crippen molar-refractivity contribution in [3.63, 3.8) is 0 Å². The first-order valence-corrected chi connectivity index (χ1v) is 4.95. The van der Waals surface area contributed by atoms with Gasteiger partial charge in [0.15, 0.2) is 0 Å². The summed E-state index contributed by atoms with van der Waals surface area (Å²) in [5.41, 5.74) is 0. The zero-order chi connectivity index (χ0) is 10.1. The van der Waals surface area contributed by atoms with Gasteiger partial charge in [0.25, 0.3) is 0 Å². The van der Waals surface area contributed by atoms with Crippen LogP contribution in [0.5, 0.6) is 5.88 Å². The van der Waals surface area contributed by atoms with E-state index in [2.05, 4.69) is 25.9 Å². The summed E-state index contributed by atoms with van der Waals surface area (Å²) in [4.78, 5) is 9.95. The second-order valence-corrected chi connectivity index (χ2v) is 3.88. The Labute approximate surface area is 89.2 Å². The SMILES string of the molecule is COc1nc(N2CC(F)C2)ncc1Br. The first-order valence-electron chi connectivity index (χ1n) is 4.16. The molecule has 1 aromatic heterocycles. The largest absolute Gasteiger partial charge is 0.480 e. The van der Waals surface area contributed by atoms with Crippen molar-refractivity contribution in [1.82, 2.24) is 9.97 Å². The van der Waals surface area contributed by atoms with Crippen molar-refractivity contribution in [2.75, 3.05) is 25.1 Å². The van der Waals surface area contributed by atoms with E-state index in [1.807, 2.05) is 0 Å². The smallest absolute Gasteiger partial charge is 0.232 e. The van der Waals surface area contributed by atoms with Crippen LogP contribution >= 0.6 is 15.9 Å². The van der Waals surface area contributed by atoms with Crippen molar-refractivity contribution in [3.8, 4) is 5.88 Å². The van der Waals surface area contributed by atoms with E-state index in [9.17, 15) is 4.39 Å². The molecule has 1 aliphatic heterocycles. The van der Waals surface area contributed by atoms with Crippen LogP contribution in [0.15, 0.2) is 10.7 Å². The summed E-state index contributed by atoms with van der Waals surface area (Å²) in [7, 11) is 1.53. The Morgan fingerprint density at radius 3 is 2.93 bits per heavy atom. The van der Waals surface area contributed by atoms with Crippen molar-refractivity contribution in [2.45, 2.75) is 6.17 Å². The Hall–Kier alpha value is -0.910. The molecule has 14 heavy (non-hydrogen) atoms. The first kappa shape index (κ1) is 9.64. The van der Waals surface area contributed by atoms with Crippen LogP contribution in [0.25, 0.3) is 0 Å². The lowest BCUT2D eigenvalue weighted by Gasteiger charge is -2.34. The molecule has 1 aliphatic rings. The molecular formula is C8H9BrFN3O. The first-order chi connectivity index (χ1) is 6.70. The third-order valence-electron chi connectivity index (χ3n) is 2.01. The summed E-state index contributed by atoms with van der Waals surface area (Å²) in [6.45, 7) is 0.732. The van der Waals surface area contributed by atoms with Gasteiger partial charge in [-0.2, -0.15) is 4.98 Å². The van der Waals surface area contributed by atoms with Gasteiger partial charge in [-0.15, -0.1) is 0 Å². The lowest BCUT2D eigenvalue weighted by Crippen LogP contribution is -2.49. The van der Waals surface area contributed by atoms with E-state index in [1.165, 1.54) is 7.11 Å². The molecule has 4 nitrogen and oxygen atoms in total. The fourth-order valence-electron chi connectivity index (χ4n) is 1.23. The molecule has 6 heteroatoms. The molecule has 76 valence electrons. The molecule has 1 fully saturated rings. The summed E-state index contributed by atoms with van der Waals surface area (Å²) in [6, 6.07) is 0. The summed E-state index contributed by atoms with van der Waals surface area (Å²) >= 11 is 3.25. The minimum Gasteiger partial charge on any atom is -0.480 e. The Balaban J connectivity index is 2.19. The molecule has 2 heterocycles. The summed E-state index contributed by atoms with van der Waals surface area (Å²) in [5, 5.41) is 0. The number of ether oxygens (including phenoxy) is 1. The number of aromatic nitrogens is 2. The van der Waals surface area contributed by atoms with Crippen LogP contribution in [-0.4, -0.2) is 36.3 Å². The van der Waals surface area contributed by atoms with Gasteiger partial charge in [-0.05, 0) is 15.9 Å². The molecule has 0 radical (unpaired) electrons. The van der Waals surface area contributed by atoms with Gasteiger partial charge in [0.2, 0.25) is 11.8 Å². The maximum absolute atomic E-state index is 12.6. The van der Waals surface area contributed by atoms with Crippen LogP contribution in [0.3, 0.4) is 0 Å². The number of halogens is 2. The summed E-state index contributed by atoms with van der Waals surface area (Å²) < 4.78 is 18.3. The summed E-state index contributed by atoms with van der Waals surface area (Å²) in [5.74, 6) is 0.983. The predicted molar refractivity (Wildman–Crippen MR) is 53.4 cm³/mol. The number of hydrogen-bond donors (Lipinski definition) is 0. The lowest BCUT2D eigenvalue weighted by atomic mass is 10.2. The molecule has 1 aromatic rings. The molecular weight excluding hydrogens is 253 g/mol. The van der Waals surface area contributed by atoms with E-state index < -0.39 is 6.17 Å². The Bertz CT molecular complexity index is 343. The van der Waals surface area contributed by atoms with E-state index in [1.54, 1.807) is 11.1 Å². The van der Waals surface area contributed by atoms with Crippen molar-refractivity contribution in [2.24, 2.45) is 0 Å². The van der Waals surface area contributed by atoms with Crippen molar-refractivity contribution < 1.29 is 9.13 Å². The highest BCUT2D eigenvalue weighted by Gasteiger charge is 2.28. The predicted octanol–water partition coefficient (Wildman–Crippen LogP) is 1.41. The monoisotopic (exact) mass is 261 g/mol. The number of rotatable bonds is 2. The molecule has 0 aromatic carbocycles. The highest BCUT2D eigenvalue weighted by atomic mass is 79.9. The topological polar surface area (TPSA) is 38.2 Å². The Morgan fingerprint density at radius 2 is 2.36 bits per heavy atom. The average Bonchev–Trinajstić information content (AvgIpc) is 2.14. The van der Waals surface area contributed by atoms with Gasteiger partial charge < -0.3 is 9.64 Å². The molecule has 0 spiro atoms. The average molecular weight is 262 g/mol. The van der Waals surface area contributed by atoms with Crippen molar-refractivity contribution in [3.05, 3.63) is 10.7 Å². The zero-order valence-corrected chi connectivity index (χ0v) is 9.16. The lowest BCUT2D eigenvalue weighted by molar-refractivity contribution is 0.271. The highest BCUT2D eigenvalue weighted by molar-refractivity contribution is 9.10. The molecule has 2 rings (SSSR count). The van der Waals surface area contributed by atoms with E-state index >= 15 is 0 Å². The van der Waals surface area contributed by atoms with E-state index in [-0.39, 0.29) is 0 Å². The second kappa shape index (κ2) is 3.68. The highest BCUT2D eigenvalue weighted by Crippen LogP contribution is 2.25. The third kappa shape index (κ3) is 1.66. The fraction of sp³-hybridized carbons (Fsp3) is 0.500. The van der Waals surface area contributed by atoms with E-state index in [0.29, 0.717) is 29.4 Å². The van der Waals surface area contributed by atoms with Crippen molar-refractivity contribution in [1.29, 1.82) is 0 Å². The maximum Gasteiger partial charge on any atom is 0.232 e. The second-order valence-electron chi connectivity index (χ2n) is 3.03. The number of alkyl halides is 1. The Kier molecular flexibility index (Phi) is 2.54. The zero-order valence-electron chi connectivity index (χ0n) is 7.57. The van der Waals surface area contributed by atoms with Gasteiger partial charge in [0.1, 0.15) is 6.17 Å². The van der Waals surface area contributed by atoms with E-state index in [4.69, 9.17) is 4.74 Å². The fourth-order valence-corrected chi connectivity index (χ4v) is 1.58. The minimum absolute atomic E-state index is 0.366. The molecule has 1 saturated heterocycles. The van der Waals surface area contributed by atoms with Crippen LogP contribution < -0.4 is 9.64 Å². The van der Waals surface area contributed by atoms with E-state index in [0.717, 1.165) is 0 Å². The quantitative estimate of drug-likeness (QED) is 0.807. The molecule has 0 aliphatic carbocycles. The van der Waals surface area contributed by atoms with Crippen molar-refractivity contribution >= 4 is 21.9 Å². The van der Waals surface area contributed by atoms with Gasteiger partial charge in [-0.1, -0.05) is 0 Å². The van der Waals surface area contributed by atoms with Crippen LogP contribution in [0.1, 0.15) is 0 Å². The number of nitrogens with zero attached hydrogens (tertiary/aromatic N) is 3. The third-order valence-corrected chi connectivity index (χ3v) is 2.56. The van der Waals surface area contributed by atoms with Gasteiger partial charge in [-0.25, -0.2) is 9.37 Å². The van der Waals surface area contributed by atoms with Gasteiger partial charge >= 0.3 is 0 Å². The van der Waals surface area contributed by atoms with Crippen LogP contribution in [0.2, 0.25) is 0 Å². The van der Waals surface area contributed by atoms with Crippen LogP contribution in [-0.2, 0) is 0 Å². The number of anilines is 1. The molecule has 0 saturated carbocycles. The molecule has 0 unspecified atom stereocenters. The normalized spacial score (nSPS) is 16.6.